The Morgan fingerprint density at radius 2 is 2.21 bits per heavy atom. The topological polar surface area (TPSA) is 63.3 Å². The number of hydrogen-bond donors (Lipinski definition) is 2. The van der Waals surface area contributed by atoms with Crippen molar-refractivity contribution in [3.05, 3.63) is 11.6 Å². The molecule has 0 aliphatic rings. The van der Waals surface area contributed by atoms with Gasteiger partial charge in [0.1, 0.15) is 0 Å². The summed E-state index contributed by atoms with van der Waals surface area (Å²) in [5, 5.41) is 8.73. The summed E-state index contributed by atoms with van der Waals surface area (Å²) in [6.45, 7) is 3.90. The predicted octanol–water partition coefficient (Wildman–Crippen LogP) is 1.88. The summed E-state index contributed by atoms with van der Waals surface area (Å²) < 4.78 is 0. The molecule has 0 aromatic heterocycles. The molecule has 0 aromatic carbocycles. The molecule has 0 spiro atoms. The lowest BCUT2D eigenvalue weighted by Gasteiger charge is -2.06. The lowest BCUT2D eigenvalue weighted by atomic mass is 10.2. The Hall–Kier alpha value is -0.480. The fourth-order valence-electron chi connectivity index (χ4n) is 0.880. The van der Waals surface area contributed by atoms with Crippen LogP contribution in [0.15, 0.2) is 11.6 Å². The van der Waals surface area contributed by atoms with Gasteiger partial charge in [0.05, 0.1) is 0 Å². The Bertz CT molecular complexity index is 204. The van der Waals surface area contributed by atoms with Gasteiger partial charge in [0.2, 0.25) is 0 Å². The molecule has 0 aliphatic carbocycles. The molecule has 3 nitrogen and oxygen atoms in total. The highest BCUT2D eigenvalue weighted by Gasteiger charge is 2.03. The largest absolute Gasteiger partial charge is 0.478 e. The maximum absolute atomic E-state index is 10.6. The summed E-state index contributed by atoms with van der Waals surface area (Å²) in [6, 6.07) is 0.225. The molecule has 3 N–H and O–H groups in total. The second-order valence-electron chi connectivity index (χ2n) is 3.09. The zero-order valence-corrected chi connectivity index (χ0v) is 9.64. The van der Waals surface area contributed by atoms with Gasteiger partial charge in [-0.3, -0.25) is 0 Å². The van der Waals surface area contributed by atoms with E-state index in [-0.39, 0.29) is 6.04 Å². The SMILES string of the molecule is CCC(=CCSCC(N)CC)C(=O)O. The number of hydrogen-bond acceptors (Lipinski definition) is 3. The highest BCUT2D eigenvalue weighted by Crippen LogP contribution is 2.08. The van der Waals surface area contributed by atoms with Gasteiger partial charge in [0, 0.05) is 23.1 Å². The zero-order valence-electron chi connectivity index (χ0n) is 8.82. The summed E-state index contributed by atoms with van der Waals surface area (Å²) in [6.07, 6.45) is 3.32. The summed E-state index contributed by atoms with van der Waals surface area (Å²) in [5.41, 5.74) is 6.21. The smallest absolute Gasteiger partial charge is 0.331 e. The van der Waals surface area contributed by atoms with Crippen molar-refractivity contribution in [3.8, 4) is 0 Å². The second kappa shape index (κ2) is 7.88. The van der Waals surface area contributed by atoms with Gasteiger partial charge in [-0.2, -0.15) is 11.8 Å². The molecular weight excluding hydrogens is 198 g/mol. The summed E-state index contributed by atoms with van der Waals surface area (Å²) in [5.74, 6) is 0.820. The van der Waals surface area contributed by atoms with E-state index in [4.69, 9.17) is 10.8 Å². The Labute approximate surface area is 89.8 Å². The van der Waals surface area contributed by atoms with Crippen LogP contribution >= 0.6 is 11.8 Å². The van der Waals surface area contributed by atoms with Gasteiger partial charge in [-0.25, -0.2) is 4.79 Å². The van der Waals surface area contributed by atoms with Crippen molar-refractivity contribution in [2.75, 3.05) is 11.5 Å². The number of rotatable bonds is 7. The molecule has 0 heterocycles. The highest BCUT2D eigenvalue weighted by molar-refractivity contribution is 7.99. The molecule has 0 fully saturated rings. The van der Waals surface area contributed by atoms with E-state index in [1.807, 2.05) is 6.92 Å². The Balaban J connectivity index is 3.74. The lowest BCUT2D eigenvalue weighted by molar-refractivity contribution is -0.132. The van der Waals surface area contributed by atoms with Crippen LogP contribution in [0.25, 0.3) is 0 Å². The monoisotopic (exact) mass is 217 g/mol. The molecule has 0 aliphatic heterocycles. The van der Waals surface area contributed by atoms with Gasteiger partial charge < -0.3 is 10.8 Å². The molecule has 82 valence electrons. The van der Waals surface area contributed by atoms with Gasteiger partial charge in [-0.15, -0.1) is 0 Å². The van der Waals surface area contributed by atoms with Crippen LogP contribution in [0.3, 0.4) is 0 Å². The first kappa shape index (κ1) is 13.5. The normalized spacial score (nSPS) is 14.1. The predicted molar refractivity (Wildman–Crippen MR) is 61.6 cm³/mol. The number of carboxylic acids is 1. The first-order chi connectivity index (χ1) is 6.61. The fraction of sp³-hybridized carbons (Fsp3) is 0.700. The van der Waals surface area contributed by atoms with Crippen molar-refractivity contribution in [2.45, 2.75) is 32.7 Å². The Kier molecular flexibility index (Phi) is 7.61. The van der Waals surface area contributed by atoms with Crippen molar-refractivity contribution in [1.29, 1.82) is 0 Å². The third-order valence-corrected chi connectivity index (χ3v) is 3.03. The number of thioether (sulfide) groups is 1. The van der Waals surface area contributed by atoms with Gasteiger partial charge >= 0.3 is 5.97 Å². The molecule has 0 bridgehead atoms. The minimum absolute atomic E-state index is 0.225. The second-order valence-corrected chi connectivity index (χ2v) is 4.17. The van der Waals surface area contributed by atoms with E-state index in [0.29, 0.717) is 12.0 Å². The molecule has 14 heavy (non-hydrogen) atoms. The maximum Gasteiger partial charge on any atom is 0.331 e. The molecule has 0 rings (SSSR count). The standard InChI is InChI=1S/C10H19NO2S/c1-3-8(10(12)13)5-6-14-7-9(11)4-2/h5,9H,3-4,6-7,11H2,1-2H3,(H,12,13). The van der Waals surface area contributed by atoms with Crippen molar-refractivity contribution in [2.24, 2.45) is 5.73 Å². The number of aliphatic carboxylic acids is 1. The zero-order chi connectivity index (χ0) is 11.0. The molecule has 0 aromatic rings. The molecule has 0 amide bonds. The summed E-state index contributed by atoms with van der Waals surface area (Å²) in [4.78, 5) is 10.6. The Morgan fingerprint density at radius 1 is 1.57 bits per heavy atom. The molecule has 0 saturated carbocycles. The molecule has 0 saturated heterocycles. The van der Waals surface area contributed by atoms with E-state index < -0.39 is 5.97 Å². The van der Waals surface area contributed by atoms with Gasteiger partial charge in [-0.05, 0) is 12.8 Å². The van der Waals surface area contributed by atoms with Crippen LogP contribution in [0.4, 0.5) is 0 Å². The van der Waals surface area contributed by atoms with Crippen molar-refractivity contribution in [1.82, 2.24) is 0 Å². The van der Waals surface area contributed by atoms with Crippen molar-refractivity contribution < 1.29 is 9.90 Å². The first-order valence-corrected chi connectivity index (χ1v) is 6.02. The van der Waals surface area contributed by atoms with Crippen LogP contribution in [0.5, 0.6) is 0 Å². The van der Waals surface area contributed by atoms with Gasteiger partial charge in [0.15, 0.2) is 0 Å². The van der Waals surface area contributed by atoms with Gasteiger partial charge in [0.25, 0.3) is 0 Å². The fourth-order valence-corrected chi connectivity index (χ4v) is 1.87. The van der Waals surface area contributed by atoms with Crippen molar-refractivity contribution in [3.63, 3.8) is 0 Å². The molecule has 0 radical (unpaired) electrons. The van der Waals surface area contributed by atoms with E-state index >= 15 is 0 Å². The lowest BCUT2D eigenvalue weighted by Crippen LogP contribution is -2.21. The minimum atomic E-state index is -0.812. The van der Waals surface area contributed by atoms with Crippen LogP contribution < -0.4 is 5.73 Å². The number of carboxylic acid groups (broad SMARTS) is 1. The van der Waals surface area contributed by atoms with Crippen molar-refractivity contribution >= 4 is 17.7 Å². The van der Waals surface area contributed by atoms with Gasteiger partial charge in [-0.1, -0.05) is 19.9 Å². The maximum atomic E-state index is 10.6. The van der Waals surface area contributed by atoms with E-state index in [0.717, 1.165) is 17.9 Å². The molecule has 4 heteroatoms. The number of nitrogens with two attached hydrogens (primary N) is 1. The third kappa shape index (κ3) is 6.05. The van der Waals surface area contributed by atoms with E-state index in [1.54, 1.807) is 17.8 Å². The summed E-state index contributed by atoms with van der Waals surface area (Å²) in [7, 11) is 0. The first-order valence-electron chi connectivity index (χ1n) is 4.87. The van der Waals surface area contributed by atoms with Crippen LogP contribution in [-0.4, -0.2) is 28.6 Å². The minimum Gasteiger partial charge on any atom is -0.478 e. The summed E-state index contributed by atoms with van der Waals surface area (Å²) >= 11 is 1.68. The average molecular weight is 217 g/mol. The highest BCUT2D eigenvalue weighted by atomic mass is 32.2. The van der Waals surface area contributed by atoms with E-state index in [1.165, 1.54) is 0 Å². The van der Waals surface area contributed by atoms with Crippen LogP contribution in [-0.2, 0) is 4.79 Å². The Morgan fingerprint density at radius 3 is 2.64 bits per heavy atom. The van der Waals surface area contributed by atoms with E-state index in [9.17, 15) is 4.79 Å². The van der Waals surface area contributed by atoms with Crippen LogP contribution in [0, 0.1) is 0 Å². The molecular formula is C10H19NO2S. The van der Waals surface area contributed by atoms with Crippen LogP contribution in [0.2, 0.25) is 0 Å². The quantitative estimate of drug-likeness (QED) is 0.505. The number of carbonyl (C=O) groups is 1. The van der Waals surface area contributed by atoms with E-state index in [2.05, 4.69) is 6.92 Å². The van der Waals surface area contributed by atoms with Crippen LogP contribution in [0.1, 0.15) is 26.7 Å². The molecule has 1 atom stereocenters. The average Bonchev–Trinajstić information content (AvgIpc) is 2.16. The molecule has 1 unspecified atom stereocenters. The third-order valence-electron chi connectivity index (χ3n) is 1.96.